The van der Waals surface area contributed by atoms with E-state index >= 15 is 0 Å². The molecule has 25 heavy (non-hydrogen) atoms. The summed E-state index contributed by atoms with van der Waals surface area (Å²) >= 11 is 0. The second-order valence-electron chi connectivity index (χ2n) is 5.64. The lowest BCUT2D eigenvalue weighted by Gasteiger charge is -2.14. The maximum atomic E-state index is 13.1. The van der Waals surface area contributed by atoms with E-state index in [1.165, 1.54) is 5.56 Å². The summed E-state index contributed by atoms with van der Waals surface area (Å²) in [6.45, 7) is 4.25. The molecule has 136 valence electrons. The molecule has 7 heteroatoms. The number of alkyl halides is 3. The van der Waals surface area contributed by atoms with Crippen molar-refractivity contribution in [3.05, 3.63) is 41.6 Å². The molecule has 1 aromatic heterocycles. The first-order valence-corrected chi connectivity index (χ1v) is 8.37. The summed E-state index contributed by atoms with van der Waals surface area (Å²) in [6, 6.07) is 7.55. The predicted molar refractivity (Wildman–Crippen MR) is 91.2 cm³/mol. The van der Waals surface area contributed by atoms with Crippen molar-refractivity contribution in [1.82, 2.24) is 9.97 Å². The summed E-state index contributed by atoms with van der Waals surface area (Å²) in [7, 11) is 0. The van der Waals surface area contributed by atoms with E-state index in [2.05, 4.69) is 15.3 Å². The first kappa shape index (κ1) is 19.0. The number of anilines is 2. The number of aromatic nitrogens is 2. The van der Waals surface area contributed by atoms with Crippen LogP contribution in [0.3, 0.4) is 0 Å². The Labute approximate surface area is 145 Å². The lowest BCUT2D eigenvalue weighted by Crippen LogP contribution is -2.13. The van der Waals surface area contributed by atoms with Crippen LogP contribution in [0.4, 0.5) is 24.8 Å². The highest BCUT2D eigenvalue weighted by Crippen LogP contribution is 2.35. The van der Waals surface area contributed by atoms with Gasteiger partial charge in [0, 0.05) is 11.9 Å². The Kier molecular flexibility index (Phi) is 6.61. The average molecular weight is 353 g/mol. The quantitative estimate of drug-likeness (QED) is 0.648. The predicted octanol–water partition coefficient (Wildman–Crippen LogP) is 5.37. The number of nitrogens with zero attached hydrogens (tertiary/aromatic N) is 2. The Hall–Kier alpha value is -2.31. The monoisotopic (exact) mass is 353 g/mol. The SMILES string of the molecule is CCCCCOc1nc(Nc2ccc(CC)cc2)ncc1C(F)(F)F. The van der Waals surface area contributed by atoms with Gasteiger partial charge < -0.3 is 10.1 Å². The Balaban J connectivity index is 2.17. The number of ether oxygens (including phenoxy) is 1. The summed E-state index contributed by atoms with van der Waals surface area (Å²) in [5.74, 6) is -0.367. The van der Waals surface area contributed by atoms with Gasteiger partial charge in [-0.2, -0.15) is 18.2 Å². The van der Waals surface area contributed by atoms with Crippen molar-refractivity contribution in [2.24, 2.45) is 0 Å². The Morgan fingerprint density at radius 1 is 1.08 bits per heavy atom. The number of rotatable bonds is 8. The second-order valence-corrected chi connectivity index (χ2v) is 5.64. The molecule has 0 bridgehead atoms. The van der Waals surface area contributed by atoms with E-state index < -0.39 is 17.6 Å². The fourth-order valence-electron chi connectivity index (χ4n) is 2.20. The van der Waals surface area contributed by atoms with Crippen molar-refractivity contribution in [3.8, 4) is 5.88 Å². The van der Waals surface area contributed by atoms with E-state index in [0.717, 1.165) is 25.5 Å². The molecule has 2 aromatic rings. The van der Waals surface area contributed by atoms with Crippen molar-refractivity contribution >= 4 is 11.6 Å². The fraction of sp³-hybridized carbons (Fsp3) is 0.444. The normalized spacial score (nSPS) is 11.4. The molecule has 0 saturated carbocycles. The number of halogens is 3. The van der Waals surface area contributed by atoms with E-state index in [4.69, 9.17) is 4.74 Å². The minimum Gasteiger partial charge on any atom is -0.477 e. The molecular formula is C18H22F3N3O. The van der Waals surface area contributed by atoms with Crippen molar-refractivity contribution in [2.45, 2.75) is 45.7 Å². The standard InChI is InChI=1S/C18H22F3N3O/c1-3-5-6-11-25-16-15(18(19,20)21)12-22-17(24-16)23-14-9-7-13(4-2)8-10-14/h7-10,12H,3-6,11H2,1-2H3,(H,22,23,24). The zero-order chi connectivity index (χ0) is 18.3. The van der Waals surface area contributed by atoms with Crippen LogP contribution in [0.15, 0.2) is 30.5 Å². The van der Waals surface area contributed by atoms with Gasteiger partial charge in [0.15, 0.2) is 0 Å². The molecule has 0 atom stereocenters. The van der Waals surface area contributed by atoms with E-state index in [1.54, 1.807) is 0 Å². The van der Waals surface area contributed by atoms with Crippen molar-refractivity contribution in [3.63, 3.8) is 0 Å². The Bertz CT molecular complexity index is 672. The lowest BCUT2D eigenvalue weighted by atomic mass is 10.1. The average Bonchev–Trinajstić information content (AvgIpc) is 2.58. The molecule has 1 heterocycles. The fourth-order valence-corrected chi connectivity index (χ4v) is 2.20. The van der Waals surface area contributed by atoms with Crippen LogP contribution in [0.5, 0.6) is 5.88 Å². The third-order valence-corrected chi connectivity index (χ3v) is 3.66. The molecule has 1 aromatic carbocycles. The van der Waals surface area contributed by atoms with Crippen molar-refractivity contribution in [1.29, 1.82) is 0 Å². The van der Waals surface area contributed by atoms with Gasteiger partial charge in [-0.05, 0) is 30.5 Å². The van der Waals surface area contributed by atoms with Gasteiger partial charge in [-0.3, -0.25) is 0 Å². The van der Waals surface area contributed by atoms with E-state index in [0.29, 0.717) is 12.1 Å². The third kappa shape index (κ3) is 5.62. The summed E-state index contributed by atoms with van der Waals surface area (Å²) in [6.07, 6.45) is -0.362. The van der Waals surface area contributed by atoms with Gasteiger partial charge in [0.25, 0.3) is 0 Å². The van der Waals surface area contributed by atoms with Crippen LogP contribution in [0.1, 0.15) is 44.2 Å². The number of hydrogen-bond acceptors (Lipinski definition) is 4. The zero-order valence-corrected chi connectivity index (χ0v) is 14.4. The Morgan fingerprint density at radius 3 is 2.40 bits per heavy atom. The molecule has 2 rings (SSSR count). The van der Waals surface area contributed by atoms with E-state index in [9.17, 15) is 13.2 Å². The van der Waals surface area contributed by atoms with Crippen LogP contribution >= 0.6 is 0 Å². The van der Waals surface area contributed by atoms with Crippen LogP contribution in [0, 0.1) is 0 Å². The van der Waals surface area contributed by atoms with Crippen LogP contribution in [-0.4, -0.2) is 16.6 Å². The molecule has 4 nitrogen and oxygen atoms in total. The summed E-state index contributed by atoms with van der Waals surface area (Å²) < 4.78 is 44.5. The minimum atomic E-state index is -4.55. The highest BCUT2D eigenvalue weighted by molar-refractivity contribution is 5.54. The molecule has 0 fully saturated rings. The van der Waals surface area contributed by atoms with Gasteiger partial charge in [0.2, 0.25) is 11.8 Å². The van der Waals surface area contributed by atoms with E-state index in [-0.39, 0.29) is 12.6 Å². The largest absolute Gasteiger partial charge is 0.477 e. The number of unbranched alkanes of at least 4 members (excludes halogenated alkanes) is 2. The maximum absolute atomic E-state index is 13.1. The van der Waals surface area contributed by atoms with Crippen LogP contribution in [0.25, 0.3) is 0 Å². The van der Waals surface area contributed by atoms with Gasteiger partial charge in [-0.1, -0.05) is 38.8 Å². The molecule has 0 aliphatic heterocycles. The summed E-state index contributed by atoms with van der Waals surface area (Å²) in [5.41, 5.74) is 0.906. The van der Waals surface area contributed by atoms with Gasteiger partial charge in [0.05, 0.1) is 6.61 Å². The third-order valence-electron chi connectivity index (χ3n) is 3.66. The lowest BCUT2D eigenvalue weighted by molar-refractivity contribution is -0.139. The van der Waals surface area contributed by atoms with Gasteiger partial charge >= 0.3 is 6.18 Å². The van der Waals surface area contributed by atoms with Gasteiger partial charge in [0.1, 0.15) is 5.56 Å². The molecule has 1 N–H and O–H groups in total. The first-order valence-electron chi connectivity index (χ1n) is 8.37. The molecule has 0 aliphatic carbocycles. The molecular weight excluding hydrogens is 331 g/mol. The van der Waals surface area contributed by atoms with Crippen molar-refractivity contribution < 1.29 is 17.9 Å². The Morgan fingerprint density at radius 2 is 1.80 bits per heavy atom. The van der Waals surface area contributed by atoms with Gasteiger partial charge in [-0.25, -0.2) is 4.98 Å². The number of benzene rings is 1. The highest BCUT2D eigenvalue weighted by atomic mass is 19.4. The molecule has 0 saturated heterocycles. The highest BCUT2D eigenvalue weighted by Gasteiger charge is 2.36. The van der Waals surface area contributed by atoms with Crippen molar-refractivity contribution in [2.75, 3.05) is 11.9 Å². The number of hydrogen-bond donors (Lipinski definition) is 1. The van der Waals surface area contributed by atoms with Crippen LogP contribution in [-0.2, 0) is 12.6 Å². The smallest absolute Gasteiger partial charge is 0.423 e. The molecule has 0 unspecified atom stereocenters. The number of aryl methyl sites for hydroxylation is 1. The zero-order valence-electron chi connectivity index (χ0n) is 14.4. The number of nitrogens with one attached hydrogen (secondary N) is 1. The first-order chi connectivity index (χ1) is 11.9. The molecule has 0 amide bonds. The topological polar surface area (TPSA) is 47.0 Å². The second kappa shape index (κ2) is 8.69. The van der Waals surface area contributed by atoms with Gasteiger partial charge in [-0.15, -0.1) is 0 Å². The van der Waals surface area contributed by atoms with E-state index in [1.807, 2.05) is 38.1 Å². The van der Waals surface area contributed by atoms with Crippen LogP contribution in [0.2, 0.25) is 0 Å². The van der Waals surface area contributed by atoms with Crippen LogP contribution < -0.4 is 10.1 Å². The molecule has 0 radical (unpaired) electrons. The molecule has 0 spiro atoms. The summed E-state index contributed by atoms with van der Waals surface area (Å²) in [5, 5.41) is 2.91. The maximum Gasteiger partial charge on any atom is 0.423 e. The minimum absolute atomic E-state index is 0.0720. The summed E-state index contributed by atoms with van der Waals surface area (Å²) in [4.78, 5) is 7.68. The molecule has 0 aliphatic rings.